The number of fused-ring (bicyclic) bond motifs is 1. The van der Waals surface area contributed by atoms with Crippen LogP contribution < -0.4 is 15.4 Å². The molecule has 2 N–H and O–H groups in total. The second-order valence-electron chi connectivity index (χ2n) is 6.66. The molecule has 0 fully saturated rings. The summed E-state index contributed by atoms with van der Waals surface area (Å²) in [6.07, 6.45) is 3.24. The van der Waals surface area contributed by atoms with Crippen LogP contribution >= 0.6 is 11.6 Å². The lowest BCUT2D eigenvalue weighted by atomic mass is 10.0. The third-order valence-electron chi connectivity index (χ3n) is 4.80. The van der Waals surface area contributed by atoms with E-state index >= 15 is 0 Å². The number of carbonyl (C=O) groups is 1. The van der Waals surface area contributed by atoms with Crippen molar-refractivity contribution in [3.8, 4) is 5.75 Å². The Balaban J connectivity index is 1.51. The summed E-state index contributed by atoms with van der Waals surface area (Å²) in [6.45, 7) is 0.859. The summed E-state index contributed by atoms with van der Waals surface area (Å²) < 4.78 is 5.28. The van der Waals surface area contributed by atoms with Gasteiger partial charge in [0.1, 0.15) is 11.6 Å². The van der Waals surface area contributed by atoms with Crippen LogP contribution in [0.4, 0.5) is 11.5 Å². The average molecular weight is 394 g/mol. The summed E-state index contributed by atoms with van der Waals surface area (Å²) in [4.78, 5) is 17.0. The van der Waals surface area contributed by atoms with Crippen LogP contribution in [0.2, 0.25) is 5.02 Å². The van der Waals surface area contributed by atoms with Gasteiger partial charge in [-0.25, -0.2) is 4.98 Å². The number of pyridine rings is 1. The first-order valence-electron chi connectivity index (χ1n) is 9.08. The highest BCUT2D eigenvalue weighted by molar-refractivity contribution is 6.32. The number of nitrogens with zero attached hydrogens (tertiary/aromatic N) is 1. The molecule has 0 aliphatic carbocycles. The predicted octanol–water partition coefficient (Wildman–Crippen LogP) is 4.55. The van der Waals surface area contributed by atoms with Gasteiger partial charge in [0.15, 0.2) is 0 Å². The summed E-state index contributed by atoms with van der Waals surface area (Å²) in [5.41, 5.74) is 4.89. The number of benzene rings is 2. The van der Waals surface area contributed by atoms with E-state index < -0.39 is 0 Å². The van der Waals surface area contributed by atoms with Crippen LogP contribution in [-0.4, -0.2) is 24.5 Å². The maximum Gasteiger partial charge on any atom is 0.257 e. The highest BCUT2D eigenvalue weighted by Crippen LogP contribution is 2.27. The van der Waals surface area contributed by atoms with Crippen LogP contribution in [0, 0.1) is 0 Å². The minimum Gasteiger partial charge on any atom is -0.495 e. The molecule has 1 amide bonds. The van der Waals surface area contributed by atoms with Gasteiger partial charge in [0.05, 0.1) is 12.1 Å². The number of anilines is 2. The Morgan fingerprint density at radius 3 is 2.93 bits per heavy atom. The van der Waals surface area contributed by atoms with Crippen LogP contribution in [0.3, 0.4) is 0 Å². The number of amides is 1. The number of hydrogen-bond acceptors (Lipinski definition) is 4. The summed E-state index contributed by atoms with van der Waals surface area (Å²) in [5.74, 6) is 1.04. The molecule has 0 atom stereocenters. The van der Waals surface area contributed by atoms with Gasteiger partial charge in [0, 0.05) is 24.0 Å². The Hall–Kier alpha value is -3.05. The molecular formula is C22H20ClN3O2. The average Bonchev–Trinajstić information content (AvgIpc) is 3.18. The van der Waals surface area contributed by atoms with Crippen molar-refractivity contribution in [2.45, 2.75) is 12.8 Å². The molecule has 3 aromatic rings. The highest BCUT2D eigenvalue weighted by atomic mass is 35.5. The van der Waals surface area contributed by atoms with Crippen molar-refractivity contribution < 1.29 is 9.53 Å². The fourth-order valence-electron chi connectivity index (χ4n) is 3.44. The van der Waals surface area contributed by atoms with Gasteiger partial charge >= 0.3 is 0 Å². The van der Waals surface area contributed by atoms with E-state index in [0.29, 0.717) is 28.6 Å². The zero-order valence-electron chi connectivity index (χ0n) is 15.5. The fourth-order valence-corrected chi connectivity index (χ4v) is 3.64. The van der Waals surface area contributed by atoms with Gasteiger partial charge in [0.25, 0.3) is 5.91 Å². The third kappa shape index (κ3) is 3.80. The fraction of sp³-hybridized carbons (Fsp3) is 0.182. The lowest BCUT2D eigenvalue weighted by Gasteiger charge is -2.10. The van der Waals surface area contributed by atoms with Crippen molar-refractivity contribution in [3.05, 3.63) is 82.0 Å². The minimum absolute atomic E-state index is 0.140. The molecule has 1 aliphatic rings. The number of hydrogen-bond donors (Lipinski definition) is 2. The number of methoxy groups -OCH3 is 1. The molecule has 5 nitrogen and oxygen atoms in total. The molecule has 0 radical (unpaired) electrons. The Morgan fingerprint density at radius 1 is 1.21 bits per heavy atom. The second kappa shape index (κ2) is 7.90. The smallest absolute Gasteiger partial charge is 0.257 e. The maximum absolute atomic E-state index is 12.8. The lowest BCUT2D eigenvalue weighted by Crippen LogP contribution is -2.15. The summed E-state index contributed by atoms with van der Waals surface area (Å²) in [6, 6.07) is 15.3. The standard InChI is InChI=1S/C22H20ClN3O2/c1-28-20-12-14(5-6-18(20)23)11-15-7-9-25-21(13-15)26-22(27)17-3-2-4-19-16(17)8-10-24-19/h2-7,9,12-13,24H,8,10-11H2,1H3,(H,25,26,27). The lowest BCUT2D eigenvalue weighted by molar-refractivity contribution is 0.102. The van der Waals surface area contributed by atoms with Gasteiger partial charge in [-0.1, -0.05) is 23.7 Å². The van der Waals surface area contributed by atoms with E-state index in [-0.39, 0.29) is 5.91 Å². The molecule has 2 aromatic carbocycles. The van der Waals surface area contributed by atoms with E-state index in [4.69, 9.17) is 16.3 Å². The quantitative estimate of drug-likeness (QED) is 0.667. The largest absolute Gasteiger partial charge is 0.495 e. The van der Waals surface area contributed by atoms with Crippen molar-refractivity contribution >= 4 is 29.0 Å². The van der Waals surface area contributed by atoms with E-state index in [2.05, 4.69) is 15.6 Å². The van der Waals surface area contributed by atoms with Crippen molar-refractivity contribution in [2.24, 2.45) is 0 Å². The molecule has 4 rings (SSSR count). The molecule has 0 saturated carbocycles. The van der Waals surface area contributed by atoms with E-state index in [1.165, 1.54) is 0 Å². The monoisotopic (exact) mass is 393 g/mol. The second-order valence-corrected chi connectivity index (χ2v) is 7.06. The Morgan fingerprint density at radius 2 is 2.07 bits per heavy atom. The van der Waals surface area contributed by atoms with Crippen molar-refractivity contribution in [1.29, 1.82) is 0 Å². The minimum atomic E-state index is -0.140. The molecule has 0 spiro atoms. The Kier molecular flexibility index (Phi) is 5.17. The van der Waals surface area contributed by atoms with Gasteiger partial charge in [-0.3, -0.25) is 4.79 Å². The molecule has 1 aliphatic heterocycles. The van der Waals surface area contributed by atoms with Crippen molar-refractivity contribution in [2.75, 3.05) is 24.3 Å². The van der Waals surface area contributed by atoms with E-state index in [1.54, 1.807) is 13.3 Å². The van der Waals surface area contributed by atoms with Gasteiger partial charge < -0.3 is 15.4 Å². The van der Waals surface area contributed by atoms with Crippen LogP contribution in [0.15, 0.2) is 54.7 Å². The summed E-state index contributed by atoms with van der Waals surface area (Å²) in [5, 5.41) is 6.80. The van der Waals surface area contributed by atoms with Crippen LogP contribution in [-0.2, 0) is 12.8 Å². The third-order valence-corrected chi connectivity index (χ3v) is 5.11. The molecule has 6 heteroatoms. The van der Waals surface area contributed by atoms with Gasteiger partial charge in [-0.15, -0.1) is 0 Å². The molecule has 0 bridgehead atoms. The molecule has 28 heavy (non-hydrogen) atoms. The van der Waals surface area contributed by atoms with Gasteiger partial charge in [0.2, 0.25) is 0 Å². The summed E-state index contributed by atoms with van der Waals surface area (Å²) >= 11 is 6.09. The molecule has 0 unspecified atom stereocenters. The van der Waals surface area contributed by atoms with E-state index in [9.17, 15) is 4.79 Å². The zero-order valence-corrected chi connectivity index (χ0v) is 16.2. The topological polar surface area (TPSA) is 63.2 Å². The van der Waals surface area contributed by atoms with Gasteiger partial charge in [-0.05, 0) is 65.9 Å². The molecule has 2 heterocycles. The Bertz CT molecular complexity index is 1040. The molecule has 1 aromatic heterocycles. The van der Waals surface area contributed by atoms with E-state index in [0.717, 1.165) is 35.3 Å². The van der Waals surface area contributed by atoms with Gasteiger partial charge in [-0.2, -0.15) is 0 Å². The number of ether oxygens (including phenoxy) is 1. The predicted molar refractivity (Wildman–Crippen MR) is 112 cm³/mol. The molecular weight excluding hydrogens is 374 g/mol. The summed E-state index contributed by atoms with van der Waals surface area (Å²) in [7, 11) is 1.60. The molecule has 0 saturated heterocycles. The maximum atomic E-state index is 12.8. The molecule has 142 valence electrons. The first-order chi connectivity index (χ1) is 13.6. The first-order valence-corrected chi connectivity index (χ1v) is 9.46. The van der Waals surface area contributed by atoms with Crippen LogP contribution in [0.5, 0.6) is 5.75 Å². The van der Waals surface area contributed by atoms with Crippen molar-refractivity contribution in [1.82, 2.24) is 4.98 Å². The van der Waals surface area contributed by atoms with E-state index in [1.807, 2.05) is 48.5 Å². The highest BCUT2D eigenvalue weighted by Gasteiger charge is 2.18. The normalized spacial score (nSPS) is 12.2. The number of rotatable bonds is 5. The first kappa shape index (κ1) is 18.3. The van der Waals surface area contributed by atoms with Crippen LogP contribution in [0.25, 0.3) is 0 Å². The van der Waals surface area contributed by atoms with Crippen LogP contribution in [0.1, 0.15) is 27.0 Å². The Labute approximate surface area is 168 Å². The zero-order chi connectivity index (χ0) is 19.5. The number of carbonyl (C=O) groups excluding carboxylic acids is 1. The number of nitrogens with one attached hydrogen (secondary N) is 2. The number of aromatic nitrogens is 1. The number of halogens is 1. The van der Waals surface area contributed by atoms with Crippen molar-refractivity contribution in [3.63, 3.8) is 0 Å². The SMILES string of the molecule is COc1cc(Cc2ccnc(NC(=O)c3cccc4c3CCN4)c2)ccc1Cl.